The lowest BCUT2D eigenvalue weighted by Crippen LogP contribution is -2.43. The molecule has 1 unspecified atom stereocenters. The van der Waals surface area contributed by atoms with Crippen LogP contribution in [-0.2, 0) is 9.53 Å². The molecule has 0 saturated carbocycles. The summed E-state index contributed by atoms with van der Waals surface area (Å²) in [6, 6.07) is 1.58. The van der Waals surface area contributed by atoms with Gasteiger partial charge in [-0.2, -0.15) is 0 Å². The molecule has 3 N–H and O–H groups in total. The number of hydrogen-bond acceptors (Lipinski definition) is 6. The van der Waals surface area contributed by atoms with Crippen molar-refractivity contribution in [2.75, 3.05) is 31.8 Å². The summed E-state index contributed by atoms with van der Waals surface area (Å²) < 4.78 is 4.72. The van der Waals surface area contributed by atoms with Gasteiger partial charge in [0.15, 0.2) is 0 Å². The number of likely N-dealkylation sites (tertiary alicyclic amines) is 1. The fraction of sp³-hybridized carbons (Fsp3) is 0.462. The van der Waals surface area contributed by atoms with Crippen LogP contribution >= 0.6 is 0 Å². The summed E-state index contributed by atoms with van der Waals surface area (Å²) in [7, 11) is 3.07. The predicted octanol–water partition coefficient (Wildman–Crippen LogP) is 0.483. The average molecular weight is 278 g/mol. The Kier molecular flexibility index (Phi) is 4.07. The molecule has 7 nitrogen and oxygen atoms in total. The number of methoxy groups -OCH3 is 1. The van der Waals surface area contributed by atoms with E-state index in [2.05, 4.69) is 10.3 Å². The van der Waals surface area contributed by atoms with Crippen molar-refractivity contribution < 1.29 is 14.3 Å². The van der Waals surface area contributed by atoms with Crippen molar-refractivity contribution >= 4 is 23.4 Å². The highest BCUT2D eigenvalue weighted by Gasteiger charge is 2.24. The molecule has 1 aliphatic heterocycles. The fourth-order valence-corrected chi connectivity index (χ4v) is 2.18. The first-order valence-electron chi connectivity index (χ1n) is 6.35. The van der Waals surface area contributed by atoms with Gasteiger partial charge in [0.2, 0.25) is 5.91 Å². The Bertz CT molecular complexity index is 532. The normalized spacial score (nSPS) is 18.8. The molecule has 0 aromatic carbocycles. The van der Waals surface area contributed by atoms with Gasteiger partial charge in [0.25, 0.3) is 0 Å². The zero-order chi connectivity index (χ0) is 14.7. The van der Waals surface area contributed by atoms with Crippen molar-refractivity contribution in [2.24, 2.45) is 0 Å². The van der Waals surface area contributed by atoms with Crippen molar-refractivity contribution in [3.63, 3.8) is 0 Å². The van der Waals surface area contributed by atoms with E-state index in [0.717, 1.165) is 0 Å². The first-order chi connectivity index (χ1) is 9.51. The zero-order valence-electron chi connectivity index (χ0n) is 11.5. The smallest absolute Gasteiger partial charge is 0.341 e. The lowest BCUT2D eigenvalue weighted by atomic mass is 10.1. The molecule has 2 rings (SSSR count). The minimum Gasteiger partial charge on any atom is -0.465 e. The predicted molar refractivity (Wildman–Crippen MR) is 74.3 cm³/mol. The van der Waals surface area contributed by atoms with Crippen LogP contribution in [0.15, 0.2) is 12.3 Å². The number of anilines is 2. The number of hydrogen-bond donors (Lipinski definition) is 2. The molecule has 1 aliphatic rings. The van der Waals surface area contributed by atoms with E-state index in [-0.39, 0.29) is 11.9 Å². The van der Waals surface area contributed by atoms with Gasteiger partial charge in [-0.3, -0.25) is 4.79 Å². The van der Waals surface area contributed by atoms with Crippen LogP contribution in [0.4, 0.5) is 11.5 Å². The Hall–Kier alpha value is -2.31. The van der Waals surface area contributed by atoms with E-state index in [1.165, 1.54) is 19.4 Å². The number of nitrogen functional groups attached to an aromatic ring is 1. The van der Waals surface area contributed by atoms with Crippen molar-refractivity contribution in [3.05, 3.63) is 17.8 Å². The van der Waals surface area contributed by atoms with Crippen molar-refractivity contribution in [1.82, 2.24) is 9.88 Å². The maximum absolute atomic E-state index is 11.7. The van der Waals surface area contributed by atoms with Gasteiger partial charge in [0.1, 0.15) is 11.4 Å². The van der Waals surface area contributed by atoms with Crippen molar-refractivity contribution in [2.45, 2.75) is 18.9 Å². The first-order valence-corrected chi connectivity index (χ1v) is 6.35. The summed E-state index contributed by atoms with van der Waals surface area (Å²) in [5.41, 5.74) is 6.34. The van der Waals surface area contributed by atoms with Crippen LogP contribution in [0.5, 0.6) is 0 Å². The molecule has 0 aliphatic carbocycles. The number of piperidine rings is 1. The molecule has 108 valence electrons. The second kappa shape index (κ2) is 5.77. The van der Waals surface area contributed by atoms with Gasteiger partial charge in [-0.15, -0.1) is 0 Å². The number of esters is 1. The summed E-state index contributed by atoms with van der Waals surface area (Å²) in [5.74, 6) is 0.0628. The van der Waals surface area contributed by atoms with Gasteiger partial charge in [-0.1, -0.05) is 0 Å². The quantitative estimate of drug-likeness (QED) is 0.781. The van der Waals surface area contributed by atoms with Gasteiger partial charge >= 0.3 is 5.97 Å². The molecular weight excluding hydrogens is 260 g/mol. The number of likely N-dealkylation sites (N-methyl/N-ethyl adjacent to an activating group) is 1. The second-order valence-electron chi connectivity index (χ2n) is 4.81. The Balaban J connectivity index is 2.17. The molecule has 1 saturated heterocycles. The highest BCUT2D eigenvalue weighted by molar-refractivity contribution is 5.95. The number of nitrogens with one attached hydrogen (secondary N) is 1. The number of carbonyl (C=O) groups excluding carboxylic acids is 2. The Labute approximate surface area is 117 Å². The third kappa shape index (κ3) is 2.98. The van der Waals surface area contributed by atoms with Crippen LogP contribution in [0.25, 0.3) is 0 Å². The number of rotatable bonds is 3. The van der Waals surface area contributed by atoms with E-state index in [4.69, 9.17) is 10.5 Å². The minimum atomic E-state index is -0.493. The molecule has 0 bridgehead atoms. The number of pyridine rings is 1. The number of carbonyl (C=O) groups is 2. The Morgan fingerprint density at radius 1 is 1.60 bits per heavy atom. The summed E-state index contributed by atoms with van der Waals surface area (Å²) in [6.07, 6.45) is 2.67. The highest BCUT2D eigenvalue weighted by Crippen LogP contribution is 2.20. The van der Waals surface area contributed by atoms with E-state index in [9.17, 15) is 9.59 Å². The molecule has 0 radical (unpaired) electrons. The molecule has 1 aromatic rings. The fourth-order valence-electron chi connectivity index (χ4n) is 2.18. The molecule has 0 spiro atoms. The number of nitrogens with two attached hydrogens (primary N) is 1. The van der Waals surface area contributed by atoms with Gasteiger partial charge < -0.3 is 20.7 Å². The molecule has 1 amide bonds. The lowest BCUT2D eigenvalue weighted by molar-refractivity contribution is -0.132. The number of aromatic nitrogens is 1. The van der Waals surface area contributed by atoms with Crippen LogP contribution in [-0.4, -0.2) is 48.5 Å². The SMILES string of the molecule is COC(=O)c1cc(N)cnc1NC1CCC(=O)N(C)C1. The van der Waals surface area contributed by atoms with Crippen LogP contribution in [0.3, 0.4) is 0 Å². The summed E-state index contributed by atoms with van der Waals surface area (Å²) in [5, 5.41) is 3.18. The van der Waals surface area contributed by atoms with E-state index < -0.39 is 5.97 Å². The Morgan fingerprint density at radius 3 is 3.00 bits per heavy atom. The lowest BCUT2D eigenvalue weighted by Gasteiger charge is -2.30. The van der Waals surface area contributed by atoms with Crippen molar-refractivity contribution in [3.8, 4) is 0 Å². The van der Waals surface area contributed by atoms with Gasteiger partial charge in [0.05, 0.1) is 19.0 Å². The summed E-state index contributed by atoms with van der Waals surface area (Å²) in [6.45, 7) is 0.575. The van der Waals surface area contributed by atoms with Gasteiger partial charge in [-0.25, -0.2) is 9.78 Å². The van der Waals surface area contributed by atoms with Crippen molar-refractivity contribution in [1.29, 1.82) is 0 Å². The summed E-state index contributed by atoms with van der Waals surface area (Å²) in [4.78, 5) is 29.0. The molecule has 7 heteroatoms. The average Bonchev–Trinajstić information content (AvgIpc) is 2.44. The molecular formula is C13H18N4O3. The number of ether oxygens (including phenoxy) is 1. The van der Waals surface area contributed by atoms with E-state index in [1.54, 1.807) is 11.9 Å². The molecule has 2 heterocycles. The number of amides is 1. The molecule has 1 fully saturated rings. The Morgan fingerprint density at radius 2 is 2.35 bits per heavy atom. The molecule has 1 atom stereocenters. The number of nitrogens with zero attached hydrogens (tertiary/aromatic N) is 2. The van der Waals surface area contributed by atoms with Crippen LogP contribution in [0.1, 0.15) is 23.2 Å². The topological polar surface area (TPSA) is 97.5 Å². The zero-order valence-corrected chi connectivity index (χ0v) is 11.5. The van der Waals surface area contributed by atoms with Crippen LogP contribution < -0.4 is 11.1 Å². The second-order valence-corrected chi connectivity index (χ2v) is 4.81. The maximum atomic E-state index is 11.7. The monoisotopic (exact) mass is 278 g/mol. The van der Waals surface area contributed by atoms with Gasteiger partial charge in [0, 0.05) is 26.1 Å². The van der Waals surface area contributed by atoms with E-state index in [1.807, 2.05) is 0 Å². The van der Waals surface area contributed by atoms with Gasteiger partial charge in [-0.05, 0) is 12.5 Å². The molecule has 20 heavy (non-hydrogen) atoms. The largest absolute Gasteiger partial charge is 0.465 e. The summed E-state index contributed by atoms with van der Waals surface area (Å²) >= 11 is 0. The minimum absolute atomic E-state index is 0.0530. The highest BCUT2D eigenvalue weighted by atomic mass is 16.5. The standard InChI is InChI=1S/C13H18N4O3/c1-17-7-9(3-4-11(17)18)16-12-10(13(19)20-2)5-8(14)6-15-12/h5-6,9H,3-4,7,14H2,1-2H3,(H,15,16). The first kappa shape index (κ1) is 14.1. The van der Waals surface area contributed by atoms with E-state index in [0.29, 0.717) is 36.5 Å². The third-order valence-electron chi connectivity index (χ3n) is 3.28. The third-order valence-corrected chi connectivity index (χ3v) is 3.28. The maximum Gasteiger partial charge on any atom is 0.341 e. The molecule has 1 aromatic heterocycles. The van der Waals surface area contributed by atoms with Crippen LogP contribution in [0, 0.1) is 0 Å². The van der Waals surface area contributed by atoms with E-state index >= 15 is 0 Å². The van der Waals surface area contributed by atoms with Crippen LogP contribution in [0.2, 0.25) is 0 Å².